The van der Waals surface area contributed by atoms with Crippen molar-refractivity contribution in [2.45, 2.75) is 0 Å². The molecule has 7 aromatic rings. The molecule has 0 aliphatic heterocycles. The molecule has 0 aliphatic rings. The largest absolute Gasteiger partial charge is 0.306 e. The minimum atomic E-state index is 1.06. The summed E-state index contributed by atoms with van der Waals surface area (Å²) in [6, 6.07) is 28.4. The summed E-state index contributed by atoms with van der Waals surface area (Å²) in [4.78, 5) is 4.80. The molecule has 3 heterocycles. The highest BCUT2D eigenvalue weighted by Gasteiger charge is 2.19. The van der Waals surface area contributed by atoms with E-state index < -0.39 is 0 Å². The third-order valence-electron chi connectivity index (χ3n) is 5.94. The van der Waals surface area contributed by atoms with Crippen LogP contribution >= 0.6 is 0 Å². The summed E-state index contributed by atoms with van der Waals surface area (Å²) in [5.41, 5.74) is 4.77. The zero-order valence-electron chi connectivity index (χ0n) is 14.5. The highest BCUT2D eigenvalue weighted by atomic mass is 14.9. The first kappa shape index (κ1) is 13.5. The molecule has 0 spiro atoms. The van der Waals surface area contributed by atoms with Crippen LogP contribution in [0, 0.1) is 0 Å². The monoisotopic (exact) mass is 342 g/mol. The average Bonchev–Trinajstić information content (AvgIpc) is 3.08. The number of aromatic nitrogens is 2. The summed E-state index contributed by atoms with van der Waals surface area (Å²) >= 11 is 0. The Morgan fingerprint density at radius 1 is 0.593 bits per heavy atom. The Bertz CT molecular complexity index is 1670. The van der Waals surface area contributed by atoms with Crippen molar-refractivity contribution in [3.8, 4) is 0 Å². The Hall–Kier alpha value is -3.65. The first-order valence-corrected chi connectivity index (χ1v) is 9.25. The lowest BCUT2D eigenvalue weighted by Crippen LogP contribution is -1.94. The molecule has 0 saturated heterocycles. The fraction of sp³-hybridized carbons (Fsp3) is 0. The number of pyridine rings is 2. The van der Waals surface area contributed by atoms with Crippen molar-refractivity contribution >= 4 is 59.8 Å². The summed E-state index contributed by atoms with van der Waals surface area (Å²) in [5, 5.41) is 9.02. The highest BCUT2D eigenvalue weighted by molar-refractivity contribution is 6.32. The van der Waals surface area contributed by atoms with Crippen molar-refractivity contribution in [3.05, 3.63) is 85.1 Å². The summed E-state index contributed by atoms with van der Waals surface area (Å²) < 4.78 is 2.40. The number of para-hydroxylation sites is 1. The maximum Gasteiger partial charge on any atom is 0.0949 e. The first-order chi connectivity index (χ1) is 13.4. The predicted molar refractivity (Wildman–Crippen MR) is 114 cm³/mol. The van der Waals surface area contributed by atoms with Crippen molar-refractivity contribution in [2.24, 2.45) is 0 Å². The van der Waals surface area contributed by atoms with Gasteiger partial charge in [-0.3, -0.25) is 4.98 Å². The summed E-state index contributed by atoms with van der Waals surface area (Å²) in [5.74, 6) is 0. The molecule has 27 heavy (non-hydrogen) atoms. The van der Waals surface area contributed by atoms with Crippen LogP contribution in [0.25, 0.3) is 59.8 Å². The number of nitrogens with zero attached hydrogens (tertiary/aromatic N) is 2. The van der Waals surface area contributed by atoms with Crippen molar-refractivity contribution < 1.29 is 0 Å². The molecule has 0 aliphatic carbocycles. The SMILES string of the molecule is c1ccc2c(c1)cc1c3ncccc3n3c4ccccc4c4ccc2c1c43. The zero-order valence-corrected chi connectivity index (χ0v) is 14.5. The lowest BCUT2D eigenvalue weighted by Gasteiger charge is -2.14. The van der Waals surface area contributed by atoms with Crippen LogP contribution in [0.1, 0.15) is 0 Å². The Balaban J connectivity index is 1.99. The van der Waals surface area contributed by atoms with Gasteiger partial charge in [-0.05, 0) is 40.4 Å². The van der Waals surface area contributed by atoms with Gasteiger partial charge in [0.2, 0.25) is 0 Å². The fourth-order valence-electron chi connectivity index (χ4n) is 4.87. The van der Waals surface area contributed by atoms with E-state index in [4.69, 9.17) is 4.98 Å². The van der Waals surface area contributed by atoms with Gasteiger partial charge >= 0.3 is 0 Å². The molecule has 0 bridgehead atoms. The third-order valence-corrected chi connectivity index (χ3v) is 5.94. The maximum atomic E-state index is 4.80. The van der Waals surface area contributed by atoms with Crippen molar-refractivity contribution in [1.82, 2.24) is 9.38 Å². The van der Waals surface area contributed by atoms with Gasteiger partial charge in [-0.1, -0.05) is 54.6 Å². The van der Waals surface area contributed by atoms with E-state index in [0.717, 1.165) is 5.52 Å². The van der Waals surface area contributed by atoms with Gasteiger partial charge in [-0.15, -0.1) is 0 Å². The van der Waals surface area contributed by atoms with E-state index in [1.54, 1.807) is 0 Å². The summed E-state index contributed by atoms with van der Waals surface area (Å²) in [7, 11) is 0. The quantitative estimate of drug-likeness (QED) is 0.226. The summed E-state index contributed by atoms with van der Waals surface area (Å²) in [6.45, 7) is 0. The van der Waals surface area contributed by atoms with Crippen molar-refractivity contribution in [1.29, 1.82) is 0 Å². The van der Waals surface area contributed by atoms with Crippen LogP contribution in [-0.2, 0) is 0 Å². The fourth-order valence-corrected chi connectivity index (χ4v) is 4.87. The van der Waals surface area contributed by atoms with E-state index in [2.05, 4.69) is 77.2 Å². The van der Waals surface area contributed by atoms with Gasteiger partial charge in [0, 0.05) is 27.7 Å². The van der Waals surface area contributed by atoms with Gasteiger partial charge in [0.25, 0.3) is 0 Å². The van der Waals surface area contributed by atoms with Crippen LogP contribution in [0.5, 0.6) is 0 Å². The van der Waals surface area contributed by atoms with Crippen molar-refractivity contribution in [2.75, 3.05) is 0 Å². The van der Waals surface area contributed by atoms with Gasteiger partial charge < -0.3 is 4.40 Å². The normalized spacial score (nSPS) is 12.4. The molecule has 0 N–H and O–H groups in total. The topological polar surface area (TPSA) is 17.3 Å². The van der Waals surface area contributed by atoms with Crippen LogP contribution in [0.3, 0.4) is 0 Å². The molecule has 7 rings (SSSR count). The molecule has 0 saturated carbocycles. The molecule has 0 amide bonds. The molecule has 0 atom stereocenters. The van der Waals surface area contributed by atoms with E-state index >= 15 is 0 Å². The van der Waals surface area contributed by atoms with E-state index in [1.807, 2.05) is 12.3 Å². The van der Waals surface area contributed by atoms with Gasteiger partial charge in [0.1, 0.15) is 0 Å². The second-order valence-electron chi connectivity index (χ2n) is 7.25. The van der Waals surface area contributed by atoms with Crippen LogP contribution in [-0.4, -0.2) is 9.38 Å². The molecule has 0 fully saturated rings. The zero-order chi connectivity index (χ0) is 17.5. The summed E-state index contributed by atoms with van der Waals surface area (Å²) in [6.07, 6.45) is 1.90. The van der Waals surface area contributed by atoms with Crippen LogP contribution in [0.2, 0.25) is 0 Å². The Morgan fingerprint density at radius 2 is 1.37 bits per heavy atom. The first-order valence-electron chi connectivity index (χ1n) is 9.25. The van der Waals surface area contributed by atoms with E-state index in [-0.39, 0.29) is 0 Å². The standard InChI is InChI=1S/C25H14N2/c1-2-7-16-15(6-1)14-20-23-18(16)11-12-19-17-8-3-4-9-21(17)27(25(19)23)22-10-5-13-26-24(20)22/h1-14H. The molecule has 2 nitrogen and oxygen atoms in total. The van der Waals surface area contributed by atoms with Crippen LogP contribution in [0.15, 0.2) is 85.1 Å². The van der Waals surface area contributed by atoms with E-state index in [0.29, 0.717) is 0 Å². The molecule has 2 heteroatoms. The average molecular weight is 342 g/mol. The number of benzene rings is 4. The Kier molecular flexibility index (Phi) is 2.28. The van der Waals surface area contributed by atoms with Gasteiger partial charge in [-0.2, -0.15) is 0 Å². The van der Waals surface area contributed by atoms with Crippen molar-refractivity contribution in [3.63, 3.8) is 0 Å². The molecule has 0 radical (unpaired) electrons. The lowest BCUT2D eigenvalue weighted by atomic mass is 9.95. The van der Waals surface area contributed by atoms with Crippen LogP contribution in [0.4, 0.5) is 0 Å². The third kappa shape index (κ3) is 1.51. The number of rotatable bonds is 0. The van der Waals surface area contributed by atoms with E-state index in [9.17, 15) is 0 Å². The number of fused-ring (bicyclic) bond motifs is 8. The second kappa shape index (κ2) is 4.54. The van der Waals surface area contributed by atoms with Crippen LogP contribution < -0.4 is 0 Å². The highest BCUT2D eigenvalue weighted by Crippen LogP contribution is 2.42. The minimum absolute atomic E-state index is 1.06. The smallest absolute Gasteiger partial charge is 0.0949 e. The minimum Gasteiger partial charge on any atom is -0.306 e. The lowest BCUT2D eigenvalue weighted by molar-refractivity contribution is 1.31. The number of hydrogen-bond donors (Lipinski definition) is 0. The Labute approximate surface area is 154 Å². The molecule has 4 aromatic carbocycles. The molecular formula is C25H14N2. The van der Waals surface area contributed by atoms with Gasteiger partial charge in [-0.25, -0.2) is 0 Å². The van der Waals surface area contributed by atoms with Gasteiger partial charge in [0.05, 0.1) is 22.1 Å². The predicted octanol–water partition coefficient (Wildman–Crippen LogP) is 6.54. The van der Waals surface area contributed by atoms with E-state index in [1.165, 1.54) is 54.3 Å². The Morgan fingerprint density at radius 3 is 2.33 bits per heavy atom. The van der Waals surface area contributed by atoms with Gasteiger partial charge in [0.15, 0.2) is 0 Å². The molecular weight excluding hydrogens is 328 g/mol. The second-order valence-corrected chi connectivity index (χ2v) is 7.25. The molecule has 0 unspecified atom stereocenters. The molecule has 3 aromatic heterocycles. The molecule has 124 valence electrons. The maximum absolute atomic E-state index is 4.80. The number of hydrogen-bond acceptors (Lipinski definition) is 1.